The van der Waals surface area contributed by atoms with Crippen LogP contribution in [0.2, 0.25) is 0 Å². The molecular weight excluding hydrogens is 621 g/mol. The van der Waals surface area contributed by atoms with E-state index in [0.717, 1.165) is 33.4 Å². The normalized spacial score (nSPS) is 21.7. The van der Waals surface area contributed by atoms with Gasteiger partial charge in [-0.25, -0.2) is 0 Å². The fraction of sp³-hybridized carbons (Fsp3) is 0.412. The van der Waals surface area contributed by atoms with Crippen LogP contribution < -0.4 is 5.32 Å². The zero-order valence-corrected chi connectivity index (χ0v) is 25.9. The lowest BCUT2D eigenvalue weighted by atomic mass is 9.97. The number of alkyl halides is 3. The topological polar surface area (TPSA) is 108 Å². The smallest absolute Gasteiger partial charge is 0.396 e. The fourth-order valence-electron chi connectivity index (χ4n) is 5.82. The zero-order valence-electron chi connectivity index (χ0n) is 25.1. The molecule has 46 heavy (non-hydrogen) atoms. The van der Waals surface area contributed by atoms with Crippen molar-refractivity contribution in [3.8, 4) is 11.1 Å². The Balaban J connectivity index is 1.28. The zero-order chi connectivity index (χ0) is 32.7. The summed E-state index contributed by atoms with van der Waals surface area (Å²) < 4.78 is 51.8. The van der Waals surface area contributed by atoms with Gasteiger partial charge in [0.2, 0.25) is 5.91 Å². The summed E-state index contributed by atoms with van der Waals surface area (Å²) in [6, 6.07) is 21.6. The SMILES string of the molecule is O=C(NCc1ccccc1-c1ccc([C@@H]2O[C@H](CSCCO)C[C@H](c3ccc(CO)cc3)O2)cc1)[C@@H]1CCCN1C(=O)C(F)(F)F. The van der Waals surface area contributed by atoms with Crippen molar-refractivity contribution in [3.63, 3.8) is 0 Å². The molecule has 0 spiro atoms. The third kappa shape index (κ3) is 8.29. The molecule has 2 amide bonds. The van der Waals surface area contributed by atoms with Crippen LogP contribution in [0.25, 0.3) is 11.1 Å². The maximum atomic E-state index is 13.0. The first-order chi connectivity index (χ1) is 22.2. The molecule has 0 bridgehead atoms. The van der Waals surface area contributed by atoms with E-state index in [1.165, 1.54) is 0 Å². The Morgan fingerprint density at radius 3 is 2.37 bits per heavy atom. The molecule has 5 rings (SSSR count). The molecular formula is C34H37F3N2O6S. The Labute approximate surface area is 269 Å². The van der Waals surface area contributed by atoms with Crippen molar-refractivity contribution in [1.82, 2.24) is 10.2 Å². The lowest BCUT2D eigenvalue weighted by Gasteiger charge is -2.36. The standard InChI is InChI=1S/C34H37F3N2O6S/c35-34(36,37)33(43)39-15-3-6-29(39)31(42)38-19-26-4-1-2-5-28(26)23-11-13-25(14-12-23)32-44-27(21-46-17-16-40)18-30(45-32)24-9-7-22(20-41)8-10-24/h1-2,4-5,7-14,27,29-30,32,40-41H,3,6,15-21H2,(H,38,42)/t27-,29-,30+,32+/m0/s1. The minimum absolute atomic E-state index is 0.0398. The minimum Gasteiger partial charge on any atom is -0.396 e. The van der Waals surface area contributed by atoms with E-state index in [1.807, 2.05) is 72.8 Å². The lowest BCUT2D eigenvalue weighted by molar-refractivity contribution is -0.245. The summed E-state index contributed by atoms with van der Waals surface area (Å²) in [7, 11) is 0. The van der Waals surface area contributed by atoms with Gasteiger partial charge in [-0.05, 0) is 40.7 Å². The number of amides is 2. The van der Waals surface area contributed by atoms with Crippen molar-refractivity contribution < 1.29 is 42.4 Å². The third-order valence-corrected chi connectivity index (χ3v) is 9.26. The van der Waals surface area contributed by atoms with E-state index >= 15 is 0 Å². The number of ether oxygens (including phenoxy) is 2. The maximum absolute atomic E-state index is 13.0. The van der Waals surface area contributed by atoms with E-state index in [9.17, 15) is 33.0 Å². The van der Waals surface area contributed by atoms with Gasteiger partial charge in [-0.2, -0.15) is 24.9 Å². The number of rotatable bonds is 11. The number of hydrogen-bond acceptors (Lipinski definition) is 7. The Kier molecular flexibility index (Phi) is 11.4. The van der Waals surface area contributed by atoms with Gasteiger partial charge < -0.3 is 29.9 Å². The van der Waals surface area contributed by atoms with E-state index in [4.69, 9.17) is 9.47 Å². The van der Waals surface area contributed by atoms with Gasteiger partial charge in [0.25, 0.3) is 0 Å². The van der Waals surface area contributed by atoms with Crippen LogP contribution in [0.1, 0.15) is 53.9 Å². The summed E-state index contributed by atoms with van der Waals surface area (Å²) in [4.78, 5) is 25.3. The van der Waals surface area contributed by atoms with Gasteiger partial charge in [-0.15, -0.1) is 0 Å². The molecule has 3 N–H and O–H groups in total. The molecule has 2 aliphatic rings. The van der Waals surface area contributed by atoms with Gasteiger partial charge in [0.1, 0.15) is 6.04 Å². The maximum Gasteiger partial charge on any atom is 0.471 e. The van der Waals surface area contributed by atoms with Crippen LogP contribution >= 0.6 is 11.8 Å². The predicted octanol–water partition coefficient (Wildman–Crippen LogP) is 5.29. The Hall–Kier alpha value is -3.42. The molecule has 0 aromatic heterocycles. The van der Waals surface area contributed by atoms with Crippen molar-refractivity contribution in [2.45, 2.75) is 63.1 Å². The highest BCUT2D eigenvalue weighted by Gasteiger charge is 2.47. The van der Waals surface area contributed by atoms with Crippen molar-refractivity contribution in [2.24, 2.45) is 0 Å². The fourth-order valence-corrected chi connectivity index (χ4v) is 6.60. The number of thioether (sulfide) groups is 1. The number of aliphatic hydroxyl groups is 2. The van der Waals surface area contributed by atoms with E-state index in [1.54, 1.807) is 11.8 Å². The van der Waals surface area contributed by atoms with Gasteiger partial charge in [-0.1, -0.05) is 72.8 Å². The number of carbonyl (C=O) groups is 2. The highest BCUT2D eigenvalue weighted by atomic mass is 32.2. The molecule has 246 valence electrons. The van der Waals surface area contributed by atoms with Crippen molar-refractivity contribution in [2.75, 3.05) is 24.7 Å². The summed E-state index contributed by atoms with van der Waals surface area (Å²) in [6.07, 6.45) is -4.83. The first kappa shape index (κ1) is 33.9. The number of carbonyl (C=O) groups excluding carboxylic acids is 2. The van der Waals surface area contributed by atoms with Gasteiger partial charge in [0.05, 0.1) is 25.4 Å². The lowest BCUT2D eigenvalue weighted by Crippen LogP contribution is -2.50. The number of halogens is 3. The first-order valence-electron chi connectivity index (χ1n) is 15.2. The van der Waals surface area contributed by atoms with Crippen LogP contribution in [0.5, 0.6) is 0 Å². The minimum atomic E-state index is -5.03. The second kappa shape index (κ2) is 15.4. The second-order valence-corrected chi connectivity index (χ2v) is 12.4. The summed E-state index contributed by atoms with van der Waals surface area (Å²) in [5, 5.41) is 21.4. The van der Waals surface area contributed by atoms with Crippen molar-refractivity contribution in [3.05, 3.63) is 95.1 Å². The molecule has 2 fully saturated rings. The largest absolute Gasteiger partial charge is 0.471 e. The van der Waals surface area contributed by atoms with Gasteiger partial charge in [0.15, 0.2) is 6.29 Å². The van der Waals surface area contributed by atoms with Gasteiger partial charge >= 0.3 is 12.1 Å². The first-order valence-corrected chi connectivity index (χ1v) is 16.4. The molecule has 3 aromatic rings. The molecule has 3 aromatic carbocycles. The molecule has 0 aliphatic carbocycles. The number of nitrogens with zero attached hydrogens (tertiary/aromatic N) is 1. The molecule has 2 aliphatic heterocycles. The average Bonchev–Trinajstić information content (AvgIpc) is 3.57. The number of nitrogens with one attached hydrogen (secondary N) is 1. The molecule has 8 nitrogen and oxygen atoms in total. The van der Waals surface area contributed by atoms with E-state index in [-0.39, 0.29) is 44.9 Å². The van der Waals surface area contributed by atoms with Crippen molar-refractivity contribution in [1.29, 1.82) is 0 Å². The van der Waals surface area contributed by atoms with Crippen LogP contribution in [-0.4, -0.2) is 69.9 Å². The Morgan fingerprint density at radius 2 is 1.67 bits per heavy atom. The molecule has 0 radical (unpaired) electrons. The summed E-state index contributed by atoms with van der Waals surface area (Å²) in [5.41, 5.74) is 5.10. The highest BCUT2D eigenvalue weighted by Crippen LogP contribution is 2.39. The molecule has 2 heterocycles. The Bertz CT molecular complexity index is 1470. The summed E-state index contributed by atoms with van der Waals surface area (Å²) >= 11 is 1.62. The number of benzene rings is 3. The molecule has 12 heteroatoms. The van der Waals surface area contributed by atoms with Crippen molar-refractivity contribution >= 4 is 23.6 Å². The third-order valence-electron chi connectivity index (χ3n) is 8.18. The predicted molar refractivity (Wildman–Crippen MR) is 167 cm³/mol. The second-order valence-electron chi connectivity index (χ2n) is 11.3. The van der Waals surface area contributed by atoms with E-state index in [0.29, 0.717) is 29.2 Å². The van der Waals surface area contributed by atoms with E-state index in [2.05, 4.69) is 5.32 Å². The molecule has 2 saturated heterocycles. The van der Waals surface area contributed by atoms with Crippen LogP contribution in [-0.2, 0) is 32.2 Å². The van der Waals surface area contributed by atoms with Crippen LogP contribution in [0.15, 0.2) is 72.8 Å². The quantitative estimate of drug-likeness (QED) is 0.241. The van der Waals surface area contributed by atoms with E-state index < -0.39 is 30.3 Å². The highest BCUT2D eigenvalue weighted by molar-refractivity contribution is 7.99. The summed E-state index contributed by atoms with van der Waals surface area (Å²) in [6.45, 7) is 0.0293. The Morgan fingerprint density at radius 1 is 0.957 bits per heavy atom. The molecule has 0 saturated carbocycles. The van der Waals surface area contributed by atoms with Gasteiger partial charge in [0, 0.05) is 36.6 Å². The van der Waals surface area contributed by atoms with Crippen LogP contribution in [0.4, 0.5) is 13.2 Å². The average molecular weight is 659 g/mol. The molecule has 0 unspecified atom stereocenters. The number of hydrogen-bond donors (Lipinski definition) is 3. The summed E-state index contributed by atoms with van der Waals surface area (Å²) in [5.74, 6) is -1.29. The monoisotopic (exact) mass is 658 g/mol. The van der Waals surface area contributed by atoms with Crippen LogP contribution in [0.3, 0.4) is 0 Å². The number of aliphatic hydroxyl groups excluding tert-OH is 2. The van der Waals surface area contributed by atoms with Gasteiger partial charge in [-0.3, -0.25) is 9.59 Å². The molecule has 4 atom stereocenters. The van der Waals surface area contributed by atoms with Crippen LogP contribution in [0, 0.1) is 0 Å². The number of likely N-dealkylation sites (tertiary alicyclic amines) is 1.